The van der Waals surface area contributed by atoms with Crippen LogP contribution in [0.15, 0.2) is 24.3 Å². The normalized spacial score (nSPS) is 10.0. The summed E-state index contributed by atoms with van der Waals surface area (Å²) < 4.78 is 0. The number of carbonyl (C=O) groups is 1. The second kappa shape index (κ2) is 7.40. The topological polar surface area (TPSA) is 121 Å². The predicted octanol–water partition coefficient (Wildman–Crippen LogP) is 2.84. The lowest BCUT2D eigenvalue weighted by atomic mass is 10.1. The van der Waals surface area contributed by atoms with Gasteiger partial charge in [0.05, 0.1) is 11.5 Å². The summed E-state index contributed by atoms with van der Waals surface area (Å²) in [5.74, 6) is -0.0663. The van der Waals surface area contributed by atoms with Crippen LogP contribution in [0.1, 0.15) is 22.4 Å². The van der Waals surface area contributed by atoms with Gasteiger partial charge in [0.25, 0.3) is 0 Å². The fraction of sp³-hybridized carbons (Fsp3) is 0.235. The van der Waals surface area contributed by atoms with E-state index >= 15 is 0 Å². The van der Waals surface area contributed by atoms with Crippen LogP contribution < -0.4 is 10.6 Å². The monoisotopic (exact) mass is 339 g/mol. The van der Waals surface area contributed by atoms with Crippen molar-refractivity contribution in [1.29, 1.82) is 5.26 Å². The fourth-order valence-electron chi connectivity index (χ4n) is 2.51. The quantitative estimate of drug-likeness (QED) is 0.638. The average molecular weight is 339 g/mol. The van der Waals surface area contributed by atoms with Crippen LogP contribution in [0.25, 0.3) is 0 Å². The van der Waals surface area contributed by atoms with Crippen molar-refractivity contribution in [1.82, 2.24) is 4.98 Å². The first-order chi connectivity index (χ1) is 11.8. The molecule has 0 saturated carbocycles. The van der Waals surface area contributed by atoms with Crippen molar-refractivity contribution < 1.29 is 9.72 Å². The molecule has 8 nitrogen and oxygen atoms in total. The number of hydrogen-bond acceptors (Lipinski definition) is 6. The molecule has 0 spiro atoms. The lowest BCUT2D eigenvalue weighted by Gasteiger charge is -2.13. The summed E-state index contributed by atoms with van der Waals surface area (Å²) in [4.78, 5) is 26.1. The van der Waals surface area contributed by atoms with Gasteiger partial charge in [0.1, 0.15) is 11.9 Å². The molecule has 0 aliphatic heterocycles. The Hall–Kier alpha value is -3.47. The molecule has 1 amide bonds. The predicted molar refractivity (Wildman–Crippen MR) is 93.4 cm³/mol. The standard InChI is InChI=1S/C17H17N5O3/c1-10-6-11(2)17(12(3)7-10)21-16(23)9-19-15-5-4-14(22(24)25)13(8-18)20-15/h4-7H,9H2,1-3H3,(H,19,20)(H,21,23). The van der Waals surface area contributed by atoms with Crippen LogP contribution in [0.5, 0.6) is 0 Å². The number of aryl methyl sites for hydroxylation is 3. The molecule has 0 radical (unpaired) electrons. The summed E-state index contributed by atoms with van der Waals surface area (Å²) in [6, 6.07) is 8.17. The molecule has 0 bridgehead atoms. The Morgan fingerprint density at radius 2 is 1.92 bits per heavy atom. The Morgan fingerprint density at radius 3 is 2.48 bits per heavy atom. The third-order valence-electron chi connectivity index (χ3n) is 3.55. The zero-order valence-electron chi connectivity index (χ0n) is 14.1. The van der Waals surface area contributed by atoms with E-state index in [9.17, 15) is 14.9 Å². The molecule has 0 fully saturated rings. The molecule has 2 rings (SSSR count). The van der Waals surface area contributed by atoms with Gasteiger partial charge in [-0.2, -0.15) is 5.26 Å². The first-order valence-electron chi connectivity index (χ1n) is 7.49. The van der Waals surface area contributed by atoms with Crippen molar-refractivity contribution in [3.8, 4) is 6.07 Å². The third-order valence-corrected chi connectivity index (χ3v) is 3.55. The molecule has 0 aliphatic rings. The molecule has 2 N–H and O–H groups in total. The first kappa shape index (κ1) is 17.9. The highest BCUT2D eigenvalue weighted by Crippen LogP contribution is 2.22. The Labute approximate surface area is 144 Å². The second-order valence-corrected chi connectivity index (χ2v) is 5.61. The van der Waals surface area contributed by atoms with E-state index in [0.29, 0.717) is 0 Å². The lowest BCUT2D eigenvalue weighted by Crippen LogP contribution is -2.23. The number of nitro groups is 1. The van der Waals surface area contributed by atoms with Crippen LogP contribution in [0.3, 0.4) is 0 Å². The minimum Gasteiger partial charge on any atom is -0.361 e. The van der Waals surface area contributed by atoms with Crippen molar-refractivity contribution in [2.45, 2.75) is 20.8 Å². The van der Waals surface area contributed by atoms with E-state index < -0.39 is 4.92 Å². The molecule has 8 heteroatoms. The number of nitrogens with zero attached hydrogens (tertiary/aromatic N) is 3. The number of amides is 1. The molecule has 1 heterocycles. The highest BCUT2D eigenvalue weighted by Gasteiger charge is 2.16. The zero-order valence-corrected chi connectivity index (χ0v) is 14.1. The number of pyridine rings is 1. The third kappa shape index (κ3) is 4.29. The van der Waals surface area contributed by atoms with Crippen molar-refractivity contribution in [3.05, 3.63) is 56.8 Å². The molecule has 0 atom stereocenters. The van der Waals surface area contributed by atoms with Gasteiger partial charge < -0.3 is 10.6 Å². The molecule has 0 unspecified atom stereocenters. The average Bonchev–Trinajstić information content (AvgIpc) is 2.55. The van der Waals surface area contributed by atoms with Crippen molar-refractivity contribution in [2.24, 2.45) is 0 Å². The van der Waals surface area contributed by atoms with E-state index in [2.05, 4.69) is 15.6 Å². The fourth-order valence-corrected chi connectivity index (χ4v) is 2.51. The Morgan fingerprint density at radius 1 is 1.28 bits per heavy atom. The molecule has 1 aromatic carbocycles. The zero-order chi connectivity index (χ0) is 18.6. The van der Waals surface area contributed by atoms with Gasteiger partial charge in [-0.05, 0) is 38.0 Å². The number of benzene rings is 1. The van der Waals surface area contributed by atoms with Crippen LogP contribution in [0.4, 0.5) is 17.2 Å². The number of anilines is 2. The van der Waals surface area contributed by atoms with Crippen LogP contribution in [-0.4, -0.2) is 22.4 Å². The maximum Gasteiger partial charge on any atom is 0.305 e. The molecule has 0 aliphatic carbocycles. The Balaban J connectivity index is 2.06. The van der Waals surface area contributed by atoms with E-state index in [-0.39, 0.29) is 29.7 Å². The van der Waals surface area contributed by atoms with E-state index in [4.69, 9.17) is 5.26 Å². The number of hydrogen-bond donors (Lipinski definition) is 2. The van der Waals surface area contributed by atoms with Crippen molar-refractivity contribution in [2.75, 3.05) is 17.2 Å². The van der Waals surface area contributed by atoms with Gasteiger partial charge in [-0.25, -0.2) is 4.98 Å². The molecular formula is C17H17N5O3. The maximum atomic E-state index is 12.1. The SMILES string of the molecule is Cc1cc(C)c(NC(=O)CNc2ccc([N+](=O)[O-])c(C#N)n2)c(C)c1. The van der Waals surface area contributed by atoms with Crippen LogP contribution in [0, 0.1) is 42.2 Å². The Bertz CT molecular complexity index is 863. The van der Waals surface area contributed by atoms with Crippen molar-refractivity contribution >= 4 is 23.1 Å². The maximum absolute atomic E-state index is 12.1. The van der Waals surface area contributed by atoms with E-state index in [1.165, 1.54) is 12.1 Å². The number of nitriles is 1. The van der Waals surface area contributed by atoms with Gasteiger partial charge in [-0.1, -0.05) is 17.7 Å². The lowest BCUT2D eigenvalue weighted by molar-refractivity contribution is -0.385. The van der Waals surface area contributed by atoms with Crippen LogP contribution in [0.2, 0.25) is 0 Å². The smallest absolute Gasteiger partial charge is 0.305 e. The molecular weight excluding hydrogens is 322 g/mol. The van der Waals surface area contributed by atoms with E-state index in [1.807, 2.05) is 32.9 Å². The van der Waals surface area contributed by atoms with Crippen LogP contribution in [-0.2, 0) is 4.79 Å². The number of nitrogens with one attached hydrogen (secondary N) is 2. The van der Waals surface area contributed by atoms with Gasteiger partial charge in [-0.15, -0.1) is 0 Å². The second-order valence-electron chi connectivity index (χ2n) is 5.61. The van der Waals surface area contributed by atoms with Gasteiger partial charge in [-0.3, -0.25) is 14.9 Å². The minimum absolute atomic E-state index is 0.0809. The van der Waals surface area contributed by atoms with Gasteiger partial charge >= 0.3 is 5.69 Å². The van der Waals surface area contributed by atoms with Gasteiger partial charge in [0.2, 0.25) is 11.6 Å². The summed E-state index contributed by atoms with van der Waals surface area (Å²) >= 11 is 0. The number of carbonyl (C=O) groups excluding carboxylic acids is 1. The van der Waals surface area contributed by atoms with Crippen molar-refractivity contribution in [3.63, 3.8) is 0 Å². The van der Waals surface area contributed by atoms with E-state index in [1.54, 1.807) is 6.07 Å². The minimum atomic E-state index is -0.676. The summed E-state index contributed by atoms with van der Waals surface area (Å²) in [7, 11) is 0. The first-order valence-corrected chi connectivity index (χ1v) is 7.49. The summed E-state index contributed by atoms with van der Waals surface area (Å²) in [6.45, 7) is 5.74. The van der Waals surface area contributed by atoms with Gasteiger partial charge in [0.15, 0.2) is 0 Å². The van der Waals surface area contributed by atoms with E-state index in [0.717, 1.165) is 22.4 Å². The van der Waals surface area contributed by atoms with Gasteiger partial charge in [0, 0.05) is 11.8 Å². The largest absolute Gasteiger partial charge is 0.361 e. The number of rotatable bonds is 5. The summed E-state index contributed by atoms with van der Waals surface area (Å²) in [5.41, 5.74) is 3.12. The Kier molecular flexibility index (Phi) is 5.29. The molecule has 1 aromatic heterocycles. The highest BCUT2D eigenvalue weighted by atomic mass is 16.6. The number of aromatic nitrogens is 1. The molecule has 25 heavy (non-hydrogen) atoms. The van der Waals surface area contributed by atoms with Crippen LogP contribution >= 0.6 is 0 Å². The molecule has 0 saturated heterocycles. The molecule has 2 aromatic rings. The summed E-state index contributed by atoms with van der Waals surface area (Å²) in [5, 5.41) is 25.3. The summed E-state index contributed by atoms with van der Waals surface area (Å²) in [6.07, 6.45) is 0. The highest BCUT2D eigenvalue weighted by molar-refractivity contribution is 5.95. The molecule has 128 valence electrons.